The molecular formula is C22H16N2O3. The molecule has 0 saturated heterocycles. The van der Waals surface area contributed by atoms with E-state index in [1.807, 2.05) is 60.7 Å². The molecule has 3 aromatic carbocycles. The van der Waals surface area contributed by atoms with Crippen molar-refractivity contribution in [1.29, 1.82) is 0 Å². The first-order chi connectivity index (χ1) is 13.2. The minimum absolute atomic E-state index is 0.250. The Labute approximate surface area is 155 Å². The molecule has 0 bridgehead atoms. The number of ketones is 1. The molecule has 1 heterocycles. The van der Waals surface area contributed by atoms with E-state index in [0.717, 1.165) is 16.5 Å². The zero-order chi connectivity index (χ0) is 18.6. The number of benzene rings is 3. The number of carbonyl (C=O) groups is 2. The summed E-state index contributed by atoms with van der Waals surface area (Å²) < 4.78 is 6.86. The summed E-state index contributed by atoms with van der Waals surface area (Å²) in [4.78, 5) is 28.8. The van der Waals surface area contributed by atoms with Gasteiger partial charge in [0.2, 0.25) is 0 Å². The van der Waals surface area contributed by atoms with Crippen molar-refractivity contribution in [2.75, 3.05) is 6.61 Å². The summed E-state index contributed by atoms with van der Waals surface area (Å²) in [5, 5.41) is 2.02. The SMILES string of the molecule is O=C(COC(=O)c1cncn1-c1ccccc1)c1ccc2ccccc2c1. The number of Topliss-reactive ketones (excluding diaryl/α,β-unsaturated/α-hetero) is 1. The molecule has 5 heteroatoms. The van der Waals surface area contributed by atoms with Crippen LogP contribution in [0.5, 0.6) is 0 Å². The van der Waals surface area contributed by atoms with E-state index in [1.165, 1.54) is 12.5 Å². The van der Waals surface area contributed by atoms with Gasteiger partial charge < -0.3 is 4.74 Å². The molecule has 0 radical (unpaired) electrons. The molecule has 0 aliphatic rings. The summed E-state index contributed by atoms with van der Waals surface area (Å²) in [6, 6.07) is 22.6. The highest BCUT2D eigenvalue weighted by Gasteiger charge is 2.17. The van der Waals surface area contributed by atoms with E-state index in [4.69, 9.17) is 4.74 Å². The van der Waals surface area contributed by atoms with Crippen molar-refractivity contribution in [2.45, 2.75) is 0 Å². The average Bonchev–Trinajstić information content (AvgIpc) is 3.22. The first kappa shape index (κ1) is 16.7. The summed E-state index contributed by atoms with van der Waals surface area (Å²) in [6.45, 7) is -0.322. The average molecular weight is 356 g/mol. The van der Waals surface area contributed by atoms with Crippen LogP contribution in [0.4, 0.5) is 0 Å². The largest absolute Gasteiger partial charge is 0.453 e. The van der Waals surface area contributed by atoms with E-state index in [0.29, 0.717) is 5.56 Å². The number of hydrogen-bond donors (Lipinski definition) is 0. The number of imidazole rings is 1. The maximum atomic E-state index is 12.4. The van der Waals surface area contributed by atoms with Gasteiger partial charge in [0.05, 0.1) is 12.5 Å². The highest BCUT2D eigenvalue weighted by Crippen LogP contribution is 2.16. The van der Waals surface area contributed by atoms with Crippen LogP contribution in [-0.2, 0) is 4.74 Å². The van der Waals surface area contributed by atoms with Gasteiger partial charge in [0.1, 0.15) is 0 Å². The smallest absolute Gasteiger partial charge is 0.357 e. The molecule has 0 N–H and O–H groups in total. The Morgan fingerprint density at radius 3 is 2.44 bits per heavy atom. The summed E-state index contributed by atoms with van der Waals surface area (Å²) in [5.74, 6) is -0.842. The molecule has 0 unspecified atom stereocenters. The maximum absolute atomic E-state index is 12.4. The van der Waals surface area contributed by atoms with Crippen LogP contribution in [-0.4, -0.2) is 27.9 Å². The Balaban J connectivity index is 1.48. The lowest BCUT2D eigenvalue weighted by molar-refractivity contribution is 0.0467. The fraction of sp³-hybridized carbons (Fsp3) is 0.0455. The Kier molecular flexibility index (Phi) is 4.49. The molecule has 4 rings (SSSR count). The van der Waals surface area contributed by atoms with Gasteiger partial charge in [-0.1, -0.05) is 54.6 Å². The highest BCUT2D eigenvalue weighted by atomic mass is 16.5. The van der Waals surface area contributed by atoms with Crippen molar-refractivity contribution in [3.05, 3.63) is 96.6 Å². The van der Waals surface area contributed by atoms with Gasteiger partial charge in [-0.05, 0) is 29.0 Å². The van der Waals surface area contributed by atoms with Gasteiger partial charge in [-0.25, -0.2) is 9.78 Å². The van der Waals surface area contributed by atoms with E-state index in [2.05, 4.69) is 4.98 Å². The zero-order valence-electron chi connectivity index (χ0n) is 14.4. The third kappa shape index (κ3) is 3.48. The lowest BCUT2D eigenvalue weighted by Crippen LogP contribution is -2.16. The van der Waals surface area contributed by atoms with Crippen molar-refractivity contribution in [3.63, 3.8) is 0 Å². The summed E-state index contributed by atoms with van der Waals surface area (Å²) >= 11 is 0. The number of esters is 1. The molecule has 0 aliphatic carbocycles. The van der Waals surface area contributed by atoms with E-state index in [1.54, 1.807) is 16.7 Å². The van der Waals surface area contributed by atoms with Crippen LogP contribution in [0.1, 0.15) is 20.8 Å². The summed E-state index contributed by atoms with van der Waals surface area (Å²) in [5.41, 5.74) is 1.58. The fourth-order valence-electron chi connectivity index (χ4n) is 2.89. The van der Waals surface area contributed by atoms with Crippen molar-refractivity contribution in [2.24, 2.45) is 0 Å². The van der Waals surface area contributed by atoms with Crippen LogP contribution in [0.2, 0.25) is 0 Å². The van der Waals surface area contributed by atoms with E-state index in [-0.39, 0.29) is 18.1 Å². The van der Waals surface area contributed by atoms with Crippen LogP contribution < -0.4 is 0 Å². The predicted molar refractivity (Wildman–Crippen MR) is 102 cm³/mol. The minimum Gasteiger partial charge on any atom is -0.453 e. The molecule has 5 nitrogen and oxygen atoms in total. The first-order valence-electron chi connectivity index (χ1n) is 8.49. The van der Waals surface area contributed by atoms with Crippen LogP contribution in [0.15, 0.2) is 85.3 Å². The number of ether oxygens (including phenoxy) is 1. The van der Waals surface area contributed by atoms with Crippen LogP contribution in [0.25, 0.3) is 16.5 Å². The van der Waals surface area contributed by atoms with Gasteiger partial charge in [-0.2, -0.15) is 0 Å². The molecule has 0 aliphatic heterocycles. The molecule has 0 spiro atoms. The zero-order valence-corrected chi connectivity index (χ0v) is 14.4. The normalized spacial score (nSPS) is 10.7. The van der Waals surface area contributed by atoms with Gasteiger partial charge >= 0.3 is 5.97 Å². The van der Waals surface area contributed by atoms with Gasteiger partial charge in [-0.3, -0.25) is 9.36 Å². The second-order valence-electron chi connectivity index (χ2n) is 6.05. The molecule has 0 amide bonds. The standard InChI is InChI=1S/C22H16N2O3/c25-21(18-11-10-16-6-4-5-7-17(16)12-18)14-27-22(26)20-13-23-15-24(20)19-8-2-1-3-9-19/h1-13,15H,14H2. The molecule has 4 aromatic rings. The molecule has 0 fully saturated rings. The molecular weight excluding hydrogens is 340 g/mol. The third-order valence-electron chi connectivity index (χ3n) is 4.29. The third-order valence-corrected chi connectivity index (χ3v) is 4.29. The van der Waals surface area contributed by atoms with Crippen LogP contribution in [0, 0.1) is 0 Å². The summed E-state index contributed by atoms with van der Waals surface area (Å²) in [7, 11) is 0. The van der Waals surface area contributed by atoms with Crippen LogP contribution >= 0.6 is 0 Å². The topological polar surface area (TPSA) is 61.2 Å². The van der Waals surface area contributed by atoms with Gasteiger partial charge in [0.25, 0.3) is 0 Å². The van der Waals surface area contributed by atoms with Gasteiger partial charge in [-0.15, -0.1) is 0 Å². The van der Waals surface area contributed by atoms with Gasteiger partial charge in [0.15, 0.2) is 18.1 Å². The van der Waals surface area contributed by atoms with Gasteiger partial charge in [0, 0.05) is 11.3 Å². The second kappa shape index (κ2) is 7.25. The minimum atomic E-state index is -0.592. The molecule has 1 aromatic heterocycles. The molecule has 27 heavy (non-hydrogen) atoms. The maximum Gasteiger partial charge on any atom is 0.357 e. The molecule has 0 saturated carbocycles. The Bertz CT molecular complexity index is 1120. The number of aromatic nitrogens is 2. The van der Waals surface area contributed by atoms with Crippen LogP contribution in [0.3, 0.4) is 0 Å². The van der Waals surface area contributed by atoms with E-state index >= 15 is 0 Å². The summed E-state index contributed by atoms with van der Waals surface area (Å²) in [6.07, 6.45) is 2.97. The number of fused-ring (bicyclic) bond motifs is 1. The van der Waals surface area contributed by atoms with Crippen molar-refractivity contribution in [3.8, 4) is 5.69 Å². The Morgan fingerprint density at radius 1 is 0.889 bits per heavy atom. The molecule has 0 atom stereocenters. The number of rotatable bonds is 5. The predicted octanol–water partition coefficient (Wildman–Crippen LogP) is 4.07. The number of hydrogen-bond acceptors (Lipinski definition) is 4. The Hall–Kier alpha value is -3.73. The highest BCUT2D eigenvalue weighted by molar-refractivity contribution is 6.02. The lowest BCUT2D eigenvalue weighted by Gasteiger charge is -2.08. The number of carbonyl (C=O) groups excluding carboxylic acids is 2. The lowest BCUT2D eigenvalue weighted by atomic mass is 10.0. The molecule has 132 valence electrons. The van der Waals surface area contributed by atoms with E-state index in [9.17, 15) is 9.59 Å². The Morgan fingerprint density at radius 2 is 1.63 bits per heavy atom. The number of para-hydroxylation sites is 1. The van der Waals surface area contributed by atoms with Crippen molar-refractivity contribution >= 4 is 22.5 Å². The van der Waals surface area contributed by atoms with E-state index < -0.39 is 5.97 Å². The van der Waals surface area contributed by atoms with Crippen molar-refractivity contribution in [1.82, 2.24) is 9.55 Å². The fourth-order valence-corrected chi connectivity index (χ4v) is 2.89. The quantitative estimate of drug-likeness (QED) is 0.400. The number of nitrogens with zero attached hydrogens (tertiary/aromatic N) is 2. The monoisotopic (exact) mass is 356 g/mol. The van der Waals surface area contributed by atoms with Crippen molar-refractivity contribution < 1.29 is 14.3 Å². The second-order valence-corrected chi connectivity index (χ2v) is 6.05. The first-order valence-corrected chi connectivity index (χ1v) is 8.49.